The first kappa shape index (κ1) is 13.4. The summed E-state index contributed by atoms with van der Waals surface area (Å²) in [7, 11) is 1.67. The van der Waals surface area contributed by atoms with E-state index < -0.39 is 0 Å². The minimum atomic E-state index is 0.145. The van der Waals surface area contributed by atoms with Gasteiger partial charge in [0.05, 0.1) is 13.2 Å². The van der Waals surface area contributed by atoms with Crippen LogP contribution in [0, 0.1) is 0 Å². The molecule has 1 atom stereocenters. The molecule has 0 aromatic heterocycles. The highest BCUT2D eigenvalue weighted by Crippen LogP contribution is 2.18. The predicted molar refractivity (Wildman–Crippen MR) is 79.2 cm³/mol. The van der Waals surface area contributed by atoms with Gasteiger partial charge in [0, 0.05) is 6.54 Å². The Kier molecular flexibility index (Phi) is 4.76. The summed E-state index contributed by atoms with van der Waals surface area (Å²) < 4.78 is 5.17. The van der Waals surface area contributed by atoms with Crippen molar-refractivity contribution in [2.45, 2.75) is 12.6 Å². The molecule has 2 aromatic carbocycles. The average Bonchev–Trinajstić information content (AvgIpc) is 2.49. The molecule has 0 aliphatic rings. The molecule has 0 saturated heterocycles. The van der Waals surface area contributed by atoms with Gasteiger partial charge in [-0.15, -0.1) is 6.58 Å². The maximum Gasteiger partial charge on any atom is 0.118 e. The fourth-order valence-electron chi connectivity index (χ4n) is 1.97. The van der Waals surface area contributed by atoms with Crippen molar-refractivity contribution in [3.8, 4) is 5.75 Å². The number of hydrogen-bond acceptors (Lipinski definition) is 2. The molecule has 0 unspecified atom stereocenters. The van der Waals surface area contributed by atoms with Gasteiger partial charge in [-0.25, -0.2) is 0 Å². The molecule has 0 heterocycles. The molecule has 2 heteroatoms. The van der Waals surface area contributed by atoms with Crippen molar-refractivity contribution in [3.05, 3.63) is 78.4 Å². The maximum atomic E-state index is 5.17. The Hall–Kier alpha value is -2.06. The van der Waals surface area contributed by atoms with Crippen LogP contribution in [0.1, 0.15) is 17.2 Å². The van der Waals surface area contributed by atoms with Gasteiger partial charge in [-0.05, 0) is 23.3 Å². The van der Waals surface area contributed by atoms with Crippen molar-refractivity contribution in [2.75, 3.05) is 7.11 Å². The highest BCUT2D eigenvalue weighted by molar-refractivity contribution is 5.31. The second kappa shape index (κ2) is 6.76. The molecular formula is C17H19NO. The third kappa shape index (κ3) is 3.70. The van der Waals surface area contributed by atoms with E-state index in [1.54, 1.807) is 7.11 Å². The zero-order valence-corrected chi connectivity index (χ0v) is 11.2. The molecule has 2 aromatic rings. The van der Waals surface area contributed by atoms with Crippen LogP contribution in [0.25, 0.3) is 0 Å². The van der Waals surface area contributed by atoms with Crippen molar-refractivity contribution in [1.29, 1.82) is 0 Å². The quantitative estimate of drug-likeness (QED) is 0.792. The molecule has 0 bridgehead atoms. The van der Waals surface area contributed by atoms with E-state index in [-0.39, 0.29) is 6.04 Å². The van der Waals surface area contributed by atoms with Crippen LogP contribution in [0.3, 0.4) is 0 Å². The van der Waals surface area contributed by atoms with E-state index in [9.17, 15) is 0 Å². The van der Waals surface area contributed by atoms with Gasteiger partial charge in [-0.1, -0.05) is 48.5 Å². The summed E-state index contributed by atoms with van der Waals surface area (Å²) in [6.45, 7) is 4.72. The fraction of sp³-hybridized carbons (Fsp3) is 0.176. The van der Waals surface area contributed by atoms with E-state index in [1.165, 1.54) is 11.1 Å². The first-order valence-electron chi connectivity index (χ1n) is 6.37. The van der Waals surface area contributed by atoms with Crippen LogP contribution in [0.5, 0.6) is 5.75 Å². The van der Waals surface area contributed by atoms with Gasteiger partial charge in [-0.3, -0.25) is 0 Å². The number of rotatable bonds is 6. The number of ether oxygens (including phenoxy) is 1. The molecule has 0 fully saturated rings. The molecule has 0 amide bonds. The maximum absolute atomic E-state index is 5.17. The van der Waals surface area contributed by atoms with Crippen LogP contribution in [0.2, 0.25) is 0 Å². The summed E-state index contributed by atoms with van der Waals surface area (Å²) in [5.41, 5.74) is 2.45. The predicted octanol–water partition coefficient (Wildman–Crippen LogP) is 3.71. The molecule has 0 aliphatic carbocycles. The molecule has 0 aliphatic heterocycles. The van der Waals surface area contributed by atoms with Crippen molar-refractivity contribution < 1.29 is 4.74 Å². The second-order valence-corrected chi connectivity index (χ2v) is 4.35. The van der Waals surface area contributed by atoms with Crippen LogP contribution in [0.15, 0.2) is 67.3 Å². The minimum absolute atomic E-state index is 0.145. The van der Waals surface area contributed by atoms with Gasteiger partial charge in [0.15, 0.2) is 0 Å². The van der Waals surface area contributed by atoms with Crippen LogP contribution in [0.4, 0.5) is 0 Å². The smallest absolute Gasteiger partial charge is 0.118 e. The zero-order valence-electron chi connectivity index (χ0n) is 11.2. The molecule has 0 radical (unpaired) electrons. The van der Waals surface area contributed by atoms with Crippen LogP contribution < -0.4 is 10.1 Å². The SMILES string of the molecule is C=C[C@H](NCc1ccccc1)c1ccc(OC)cc1. The molecule has 0 spiro atoms. The summed E-state index contributed by atoms with van der Waals surface area (Å²) in [5, 5.41) is 3.48. The van der Waals surface area contributed by atoms with Crippen LogP contribution in [-0.4, -0.2) is 7.11 Å². The van der Waals surface area contributed by atoms with Crippen LogP contribution >= 0.6 is 0 Å². The third-order valence-corrected chi connectivity index (χ3v) is 3.08. The molecule has 2 rings (SSSR count). The van der Waals surface area contributed by atoms with Gasteiger partial charge in [-0.2, -0.15) is 0 Å². The first-order valence-corrected chi connectivity index (χ1v) is 6.37. The van der Waals surface area contributed by atoms with E-state index in [1.807, 2.05) is 36.4 Å². The lowest BCUT2D eigenvalue weighted by atomic mass is 10.1. The van der Waals surface area contributed by atoms with Crippen molar-refractivity contribution in [3.63, 3.8) is 0 Å². The summed E-state index contributed by atoms with van der Waals surface area (Å²) in [4.78, 5) is 0. The molecule has 19 heavy (non-hydrogen) atoms. The van der Waals surface area contributed by atoms with Gasteiger partial charge >= 0.3 is 0 Å². The highest BCUT2D eigenvalue weighted by atomic mass is 16.5. The fourth-order valence-corrected chi connectivity index (χ4v) is 1.97. The lowest BCUT2D eigenvalue weighted by Crippen LogP contribution is -2.18. The van der Waals surface area contributed by atoms with Crippen LogP contribution in [-0.2, 0) is 6.54 Å². The summed E-state index contributed by atoms with van der Waals surface area (Å²) >= 11 is 0. The second-order valence-electron chi connectivity index (χ2n) is 4.35. The minimum Gasteiger partial charge on any atom is -0.497 e. The number of methoxy groups -OCH3 is 1. The number of nitrogens with one attached hydrogen (secondary N) is 1. The topological polar surface area (TPSA) is 21.3 Å². The number of hydrogen-bond donors (Lipinski definition) is 1. The van der Waals surface area contributed by atoms with Gasteiger partial charge in [0.25, 0.3) is 0 Å². The Morgan fingerprint density at radius 3 is 2.37 bits per heavy atom. The summed E-state index contributed by atoms with van der Waals surface area (Å²) in [6, 6.07) is 18.5. The van der Waals surface area contributed by atoms with Crippen molar-refractivity contribution >= 4 is 0 Å². The Labute approximate surface area is 114 Å². The van der Waals surface area contributed by atoms with E-state index in [2.05, 4.69) is 36.2 Å². The highest BCUT2D eigenvalue weighted by Gasteiger charge is 2.06. The molecule has 0 saturated carbocycles. The molecule has 98 valence electrons. The summed E-state index contributed by atoms with van der Waals surface area (Å²) in [5.74, 6) is 0.870. The van der Waals surface area contributed by atoms with E-state index in [0.717, 1.165) is 12.3 Å². The zero-order chi connectivity index (χ0) is 13.5. The average molecular weight is 253 g/mol. The number of benzene rings is 2. The normalized spacial score (nSPS) is 11.8. The van der Waals surface area contributed by atoms with Gasteiger partial charge < -0.3 is 10.1 Å². The van der Waals surface area contributed by atoms with Crippen molar-refractivity contribution in [1.82, 2.24) is 5.32 Å². The van der Waals surface area contributed by atoms with Gasteiger partial charge in [0.2, 0.25) is 0 Å². The largest absolute Gasteiger partial charge is 0.497 e. The monoisotopic (exact) mass is 253 g/mol. The van der Waals surface area contributed by atoms with Crippen molar-refractivity contribution in [2.24, 2.45) is 0 Å². The Morgan fingerprint density at radius 1 is 1.11 bits per heavy atom. The molecule has 2 nitrogen and oxygen atoms in total. The standard InChI is InChI=1S/C17H19NO/c1-3-17(15-9-11-16(19-2)12-10-15)18-13-14-7-5-4-6-8-14/h3-12,17-18H,1,13H2,2H3/t17-/m0/s1. The molecule has 1 N–H and O–H groups in total. The summed E-state index contributed by atoms with van der Waals surface area (Å²) in [6.07, 6.45) is 1.92. The first-order chi connectivity index (χ1) is 9.33. The Bertz CT molecular complexity index is 505. The Balaban J connectivity index is 2.01. The lowest BCUT2D eigenvalue weighted by molar-refractivity contribution is 0.414. The van der Waals surface area contributed by atoms with E-state index in [4.69, 9.17) is 4.74 Å². The van der Waals surface area contributed by atoms with Gasteiger partial charge in [0.1, 0.15) is 5.75 Å². The Morgan fingerprint density at radius 2 is 1.79 bits per heavy atom. The van der Waals surface area contributed by atoms with E-state index >= 15 is 0 Å². The third-order valence-electron chi connectivity index (χ3n) is 3.08. The van der Waals surface area contributed by atoms with E-state index in [0.29, 0.717) is 0 Å². The lowest BCUT2D eigenvalue weighted by Gasteiger charge is -2.15. The molecular weight excluding hydrogens is 234 g/mol.